The molecule has 23 heavy (non-hydrogen) atoms. The minimum absolute atomic E-state index is 0.197. The molecule has 1 aliphatic rings. The lowest BCUT2D eigenvalue weighted by Gasteiger charge is -2.33. The summed E-state index contributed by atoms with van der Waals surface area (Å²) >= 11 is 0. The third kappa shape index (κ3) is 3.43. The fraction of sp³-hybridized carbons (Fsp3) is 0.294. The molecule has 6 nitrogen and oxygen atoms in total. The van der Waals surface area contributed by atoms with E-state index in [-0.39, 0.29) is 10.6 Å². The van der Waals surface area contributed by atoms with Gasteiger partial charge in [-0.3, -0.25) is 10.1 Å². The first-order valence-corrected chi connectivity index (χ1v) is 7.74. The van der Waals surface area contributed by atoms with Crippen LogP contribution in [0.2, 0.25) is 0 Å². The van der Waals surface area contributed by atoms with Gasteiger partial charge in [0.05, 0.1) is 42.4 Å². The Morgan fingerprint density at radius 3 is 2.43 bits per heavy atom. The summed E-state index contributed by atoms with van der Waals surface area (Å²) in [5.74, 6) is 0.301. The van der Waals surface area contributed by atoms with Gasteiger partial charge in [0.15, 0.2) is 0 Å². The van der Waals surface area contributed by atoms with Crippen LogP contribution < -0.4 is 9.80 Å². The van der Waals surface area contributed by atoms with E-state index in [1.807, 2.05) is 30.3 Å². The van der Waals surface area contributed by atoms with Gasteiger partial charge in [0.25, 0.3) is 5.69 Å². The number of hydrogen-bond acceptors (Lipinski definition) is 4. The molecule has 120 valence electrons. The van der Waals surface area contributed by atoms with Crippen molar-refractivity contribution in [2.75, 3.05) is 31.1 Å². The van der Waals surface area contributed by atoms with Crippen molar-refractivity contribution in [1.29, 1.82) is 0 Å². The van der Waals surface area contributed by atoms with Gasteiger partial charge < -0.3 is 14.9 Å². The summed E-state index contributed by atoms with van der Waals surface area (Å²) in [6.07, 6.45) is 0. The molecule has 6 heteroatoms. The number of piperazine rings is 1. The van der Waals surface area contributed by atoms with Crippen molar-refractivity contribution in [1.82, 2.24) is 0 Å². The number of hydrogen-bond donors (Lipinski definition) is 2. The molecule has 0 spiro atoms. The first kappa shape index (κ1) is 15.3. The number of phenolic OH excluding ortho intramolecular Hbond substituents is 1. The number of quaternary nitrogens is 1. The average Bonchev–Trinajstić information content (AvgIpc) is 2.56. The van der Waals surface area contributed by atoms with Crippen LogP contribution in [-0.4, -0.2) is 36.2 Å². The summed E-state index contributed by atoms with van der Waals surface area (Å²) in [4.78, 5) is 14.3. The molecule has 0 atom stereocenters. The minimum Gasteiger partial charge on any atom is -0.506 e. The number of nitrogens with zero attached hydrogens (tertiary/aromatic N) is 2. The Balaban J connectivity index is 1.64. The Morgan fingerprint density at radius 1 is 1.09 bits per heavy atom. The molecule has 0 aliphatic carbocycles. The zero-order valence-corrected chi connectivity index (χ0v) is 12.8. The second-order valence-corrected chi connectivity index (χ2v) is 5.79. The van der Waals surface area contributed by atoms with Gasteiger partial charge in [0, 0.05) is 6.07 Å². The summed E-state index contributed by atoms with van der Waals surface area (Å²) in [5, 5.41) is 21.0. The average molecular weight is 314 g/mol. The van der Waals surface area contributed by atoms with Crippen molar-refractivity contribution in [3.63, 3.8) is 0 Å². The molecular formula is C17H20N3O3+. The third-order valence-corrected chi connectivity index (χ3v) is 4.32. The molecule has 0 saturated carbocycles. The number of aromatic hydroxyl groups is 1. The van der Waals surface area contributed by atoms with Crippen molar-refractivity contribution < 1.29 is 14.9 Å². The van der Waals surface area contributed by atoms with Gasteiger partial charge in [-0.15, -0.1) is 0 Å². The van der Waals surface area contributed by atoms with Crippen LogP contribution in [0.5, 0.6) is 5.75 Å². The van der Waals surface area contributed by atoms with Crippen molar-refractivity contribution >= 4 is 11.4 Å². The Bertz CT molecular complexity index is 697. The molecule has 2 aromatic carbocycles. The first-order valence-electron chi connectivity index (χ1n) is 7.74. The second kappa shape index (κ2) is 6.66. The molecule has 0 amide bonds. The Hall–Kier alpha value is -2.60. The van der Waals surface area contributed by atoms with Crippen LogP contribution in [0, 0.1) is 10.1 Å². The van der Waals surface area contributed by atoms with E-state index < -0.39 is 0 Å². The number of phenols is 1. The maximum atomic E-state index is 11.1. The standard InChI is InChI=1S/C17H19N3O3/c21-17-8-4-3-7-16(17)19-11-9-18(10-12-19)13-14-5-1-2-6-15(14)20(22)23/h1-8,21H,9-13H2/p+1. The highest BCUT2D eigenvalue weighted by atomic mass is 16.6. The summed E-state index contributed by atoms with van der Waals surface area (Å²) in [7, 11) is 0. The van der Waals surface area contributed by atoms with E-state index in [9.17, 15) is 15.2 Å². The molecule has 3 rings (SSSR count). The number of para-hydroxylation sites is 3. The second-order valence-electron chi connectivity index (χ2n) is 5.79. The van der Waals surface area contributed by atoms with Crippen LogP contribution in [0.4, 0.5) is 11.4 Å². The van der Waals surface area contributed by atoms with Crippen LogP contribution in [0.1, 0.15) is 5.56 Å². The van der Waals surface area contributed by atoms with E-state index in [1.54, 1.807) is 18.2 Å². The molecule has 1 aliphatic heterocycles. The Morgan fingerprint density at radius 2 is 1.74 bits per heavy atom. The quantitative estimate of drug-likeness (QED) is 0.657. The zero-order chi connectivity index (χ0) is 16.2. The van der Waals surface area contributed by atoms with E-state index in [4.69, 9.17) is 0 Å². The molecule has 0 aromatic heterocycles. The number of anilines is 1. The van der Waals surface area contributed by atoms with Gasteiger partial charge in [0.1, 0.15) is 12.3 Å². The lowest BCUT2D eigenvalue weighted by Crippen LogP contribution is -3.13. The lowest BCUT2D eigenvalue weighted by molar-refractivity contribution is -0.914. The number of rotatable bonds is 4. The van der Waals surface area contributed by atoms with Crippen molar-refractivity contribution in [3.8, 4) is 5.75 Å². The van der Waals surface area contributed by atoms with Gasteiger partial charge >= 0.3 is 0 Å². The van der Waals surface area contributed by atoms with E-state index in [0.717, 1.165) is 37.4 Å². The fourth-order valence-electron chi connectivity index (χ4n) is 3.08. The number of nitro groups is 1. The van der Waals surface area contributed by atoms with Gasteiger partial charge in [0.2, 0.25) is 0 Å². The highest BCUT2D eigenvalue weighted by molar-refractivity contribution is 5.57. The SMILES string of the molecule is O=[N+]([O-])c1ccccc1C[NH+]1CCN(c2ccccc2O)CC1. The van der Waals surface area contributed by atoms with Crippen LogP contribution in [0.15, 0.2) is 48.5 Å². The molecule has 1 fully saturated rings. The van der Waals surface area contributed by atoms with Crippen molar-refractivity contribution in [2.45, 2.75) is 6.54 Å². The van der Waals surface area contributed by atoms with E-state index in [2.05, 4.69) is 4.90 Å². The van der Waals surface area contributed by atoms with Crippen molar-refractivity contribution in [3.05, 3.63) is 64.2 Å². The van der Waals surface area contributed by atoms with Crippen LogP contribution in [-0.2, 0) is 6.54 Å². The van der Waals surface area contributed by atoms with Crippen molar-refractivity contribution in [2.24, 2.45) is 0 Å². The summed E-state index contributed by atoms with van der Waals surface area (Å²) in [6.45, 7) is 4.09. The number of benzene rings is 2. The topological polar surface area (TPSA) is 71.0 Å². The highest BCUT2D eigenvalue weighted by Gasteiger charge is 2.24. The van der Waals surface area contributed by atoms with E-state index in [1.165, 1.54) is 4.90 Å². The van der Waals surface area contributed by atoms with Crippen LogP contribution in [0.25, 0.3) is 0 Å². The molecule has 2 N–H and O–H groups in total. The number of nitrogens with one attached hydrogen (secondary N) is 1. The number of nitro benzene ring substituents is 1. The summed E-state index contributed by atoms with van der Waals surface area (Å²) < 4.78 is 0. The molecule has 1 heterocycles. The maximum absolute atomic E-state index is 11.1. The van der Waals surface area contributed by atoms with Crippen LogP contribution in [0.3, 0.4) is 0 Å². The van der Waals surface area contributed by atoms with Gasteiger partial charge in [-0.05, 0) is 18.2 Å². The predicted molar refractivity (Wildman–Crippen MR) is 87.8 cm³/mol. The maximum Gasteiger partial charge on any atom is 0.278 e. The molecule has 0 radical (unpaired) electrons. The Kier molecular flexibility index (Phi) is 4.43. The largest absolute Gasteiger partial charge is 0.506 e. The van der Waals surface area contributed by atoms with E-state index in [0.29, 0.717) is 12.3 Å². The minimum atomic E-state index is -0.312. The smallest absolute Gasteiger partial charge is 0.278 e. The summed E-state index contributed by atoms with van der Waals surface area (Å²) in [5.41, 5.74) is 1.84. The van der Waals surface area contributed by atoms with Gasteiger partial charge in [-0.1, -0.05) is 24.3 Å². The molecule has 0 bridgehead atoms. The normalized spacial score (nSPS) is 15.6. The monoisotopic (exact) mass is 314 g/mol. The lowest BCUT2D eigenvalue weighted by atomic mass is 10.1. The molecule has 0 unspecified atom stereocenters. The van der Waals surface area contributed by atoms with E-state index >= 15 is 0 Å². The third-order valence-electron chi connectivity index (χ3n) is 4.32. The summed E-state index contributed by atoms with van der Waals surface area (Å²) in [6, 6.07) is 14.3. The van der Waals surface area contributed by atoms with Crippen LogP contribution >= 0.6 is 0 Å². The highest BCUT2D eigenvalue weighted by Crippen LogP contribution is 2.26. The zero-order valence-electron chi connectivity index (χ0n) is 12.8. The molecule has 2 aromatic rings. The molecule has 1 saturated heterocycles. The fourth-order valence-corrected chi connectivity index (χ4v) is 3.08. The first-order chi connectivity index (χ1) is 11.1. The molecular weight excluding hydrogens is 294 g/mol. The van der Waals surface area contributed by atoms with Gasteiger partial charge in [-0.25, -0.2) is 0 Å². The predicted octanol–water partition coefficient (Wildman–Crippen LogP) is 1.21. The Labute approximate surface area is 134 Å². The van der Waals surface area contributed by atoms with Gasteiger partial charge in [-0.2, -0.15) is 0 Å².